The molecular weight excluding hydrogens is 294 g/mol. The predicted octanol–water partition coefficient (Wildman–Crippen LogP) is 3.04. The maximum Gasteiger partial charge on any atom is 0.307 e. The van der Waals surface area contributed by atoms with Crippen LogP contribution in [0.3, 0.4) is 0 Å². The third-order valence-corrected chi connectivity index (χ3v) is 3.28. The van der Waals surface area contributed by atoms with E-state index in [-0.39, 0.29) is 18.3 Å². The third-order valence-electron chi connectivity index (χ3n) is 3.28. The van der Waals surface area contributed by atoms with Crippen molar-refractivity contribution < 1.29 is 19.1 Å². The first-order valence-corrected chi connectivity index (χ1v) is 8.28. The van der Waals surface area contributed by atoms with Gasteiger partial charge in [0.15, 0.2) is 0 Å². The van der Waals surface area contributed by atoms with E-state index in [1.807, 2.05) is 37.3 Å². The van der Waals surface area contributed by atoms with E-state index in [0.29, 0.717) is 39.1 Å². The number of carbonyl (C=O) groups excluding carboxylic acids is 2. The third kappa shape index (κ3) is 8.24. The lowest BCUT2D eigenvalue weighted by molar-refractivity contribution is -0.144. The predicted molar refractivity (Wildman–Crippen MR) is 89.3 cm³/mol. The Labute approximate surface area is 138 Å². The maximum absolute atomic E-state index is 12.2. The second kappa shape index (κ2) is 11.5. The lowest BCUT2D eigenvalue weighted by Crippen LogP contribution is -2.34. The summed E-state index contributed by atoms with van der Waals surface area (Å²) in [5.74, 6) is 0.620. The number of nitrogens with zero attached hydrogens (tertiary/aromatic N) is 1. The van der Waals surface area contributed by atoms with Gasteiger partial charge in [-0.25, -0.2) is 0 Å². The Morgan fingerprint density at radius 1 is 1.04 bits per heavy atom. The molecule has 0 spiro atoms. The molecule has 128 valence electrons. The highest BCUT2D eigenvalue weighted by Crippen LogP contribution is 2.09. The van der Waals surface area contributed by atoms with Gasteiger partial charge >= 0.3 is 5.97 Å². The van der Waals surface area contributed by atoms with Crippen LogP contribution in [0.4, 0.5) is 0 Å². The van der Waals surface area contributed by atoms with E-state index < -0.39 is 0 Å². The number of para-hydroxylation sites is 1. The quantitative estimate of drug-likeness (QED) is 0.464. The second-order valence-electron chi connectivity index (χ2n) is 5.20. The van der Waals surface area contributed by atoms with E-state index >= 15 is 0 Å². The summed E-state index contributed by atoms with van der Waals surface area (Å²) in [6.45, 7) is 5.76. The van der Waals surface area contributed by atoms with Crippen LogP contribution in [0.25, 0.3) is 0 Å². The SMILES string of the molecule is CCCN(CCC(=O)OCC)C(=O)CCCOc1ccccc1. The average Bonchev–Trinajstić information content (AvgIpc) is 2.56. The van der Waals surface area contributed by atoms with Gasteiger partial charge in [0.05, 0.1) is 19.6 Å². The molecule has 5 nitrogen and oxygen atoms in total. The summed E-state index contributed by atoms with van der Waals surface area (Å²) in [5, 5.41) is 0. The van der Waals surface area contributed by atoms with Gasteiger partial charge in [-0.3, -0.25) is 9.59 Å². The first kappa shape index (κ1) is 19.0. The van der Waals surface area contributed by atoms with Crippen LogP contribution in [0, 0.1) is 0 Å². The smallest absolute Gasteiger partial charge is 0.307 e. The van der Waals surface area contributed by atoms with Gasteiger partial charge in [0.2, 0.25) is 5.91 Å². The van der Waals surface area contributed by atoms with Gasteiger partial charge in [-0.05, 0) is 31.9 Å². The average molecular weight is 321 g/mol. The van der Waals surface area contributed by atoms with Crippen molar-refractivity contribution in [2.75, 3.05) is 26.3 Å². The lowest BCUT2D eigenvalue weighted by Gasteiger charge is -2.21. The lowest BCUT2D eigenvalue weighted by atomic mass is 10.2. The van der Waals surface area contributed by atoms with Gasteiger partial charge in [0.25, 0.3) is 0 Å². The molecule has 0 aliphatic rings. The highest BCUT2D eigenvalue weighted by atomic mass is 16.5. The van der Waals surface area contributed by atoms with E-state index in [1.165, 1.54) is 0 Å². The van der Waals surface area contributed by atoms with E-state index in [0.717, 1.165) is 12.2 Å². The molecule has 0 saturated carbocycles. The van der Waals surface area contributed by atoms with Gasteiger partial charge in [0.1, 0.15) is 5.75 Å². The van der Waals surface area contributed by atoms with Crippen molar-refractivity contribution in [1.29, 1.82) is 0 Å². The molecule has 23 heavy (non-hydrogen) atoms. The highest BCUT2D eigenvalue weighted by molar-refractivity contribution is 5.77. The van der Waals surface area contributed by atoms with Crippen LogP contribution in [-0.2, 0) is 14.3 Å². The van der Waals surface area contributed by atoms with Crippen molar-refractivity contribution in [3.63, 3.8) is 0 Å². The first-order valence-electron chi connectivity index (χ1n) is 8.28. The van der Waals surface area contributed by atoms with Gasteiger partial charge in [-0.15, -0.1) is 0 Å². The number of benzene rings is 1. The molecule has 1 rings (SSSR count). The summed E-state index contributed by atoms with van der Waals surface area (Å²) in [6, 6.07) is 9.55. The van der Waals surface area contributed by atoms with Crippen LogP contribution in [-0.4, -0.2) is 43.1 Å². The molecule has 0 fully saturated rings. The number of ether oxygens (including phenoxy) is 2. The molecule has 0 aliphatic heterocycles. The van der Waals surface area contributed by atoms with Crippen LogP contribution in [0.1, 0.15) is 39.5 Å². The molecule has 0 atom stereocenters. The second-order valence-corrected chi connectivity index (χ2v) is 5.20. The summed E-state index contributed by atoms with van der Waals surface area (Å²) < 4.78 is 10.5. The number of carbonyl (C=O) groups is 2. The van der Waals surface area contributed by atoms with Crippen molar-refractivity contribution >= 4 is 11.9 Å². The van der Waals surface area contributed by atoms with E-state index in [2.05, 4.69) is 0 Å². The van der Waals surface area contributed by atoms with Crippen molar-refractivity contribution in [3.05, 3.63) is 30.3 Å². The molecular formula is C18H27NO4. The molecule has 0 bridgehead atoms. The summed E-state index contributed by atoms with van der Waals surface area (Å²) in [7, 11) is 0. The number of amides is 1. The van der Waals surface area contributed by atoms with Crippen molar-refractivity contribution in [2.45, 2.75) is 39.5 Å². The van der Waals surface area contributed by atoms with E-state index in [1.54, 1.807) is 11.8 Å². The number of esters is 1. The Balaban J connectivity index is 2.28. The Morgan fingerprint density at radius 2 is 1.78 bits per heavy atom. The fraction of sp³-hybridized carbons (Fsp3) is 0.556. The van der Waals surface area contributed by atoms with E-state index in [4.69, 9.17) is 9.47 Å². The summed E-state index contributed by atoms with van der Waals surface area (Å²) in [6.07, 6.45) is 2.21. The minimum Gasteiger partial charge on any atom is -0.494 e. The molecule has 0 aromatic heterocycles. The Bertz CT molecular complexity index is 461. The van der Waals surface area contributed by atoms with Crippen LogP contribution in [0.5, 0.6) is 5.75 Å². The molecule has 0 unspecified atom stereocenters. The Morgan fingerprint density at radius 3 is 2.43 bits per heavy atom. The van der Waals surface area contributed by atoms with Gasteiger partial charge < -0.3 is 14.4 Å². The fourth-order valence-corrected chi connectivity index (χ4v) is 2.18. The summed E-state index contributed by atoms with van der Waals surface area (Å²) in [5.41, 5.74) is 0. The van der Waals surface area contributed by atoms with Gasteiger partial charge in [-0.2, -0.15) is 0 Å². The topological polar surface area (TPSA) is 55.8 Å². The molecule has 5 heteroatoms. The molecule has 0 saturated heterocycles. The maximum atomic E-state index is 12.2. The molecule has 1 aromatic carbocycles. The van der Waals surface area contributed by atoms with Crippen molar-refractivity contribution in [1.82, 2.24) is 4.90 Å². The van der Waals surface area contributed by atoms with Crippen molar-refractivity contribution in [2.24, 2.45) is 0 Å². The normalized spacial score (nSPS) is 10.2. The van der Waals surface area contributed by atoms with Crippen LogP contribution in [0.15, 0.2) is 30.3 Å². The number of hydrogen-bond donors (Lipinski definition) is 0. The van der Waals surface area contributed by atoms with Crippen LogP contribution >= 0.6 is 0 Å². The Hall–Kier alpha value is -2.04. The molecule has 1 amide bonds. The zero-order valence-corrected chi connectivity index (χ0v) is 14.1. The molecule has 1 aromatic rings. The van der Waals surface area contributed by atoms with Crippen LogP contribution in [0.2, 0.25) is 0 Å². The highest BCUT2D eigenvalue weighted by Gasteiger charge is 2.14. The summed E-state index contributed by atoms with van der Waals surface area (Å²) in [4.78, 5) is 25.4. The standard InChI is InChI=1S/C18H27NO4/c1-3-13-19(14-12-18(21)22-4-2)17(20)11-8-15-23-16-9-6-5-7-10-16/h5-7,9-10H,3-4,8,11-15H2,1-2H3. The van der Waals surface area contributed by atoms with Crippen molar-refractivity contribution in [3.8, 4) is 5.75 Å². The fourth-order valence-electron chi connectivity index (χ4n) is 2.18. The van der Waals surface area contributed by atoms with E-state index in [9.17, 15) is 9.59 Å². The Kier molecular flexibility index (Phi) is 9.52. The summed E-state index contributed by atoms with van der Waals surface area (Å²) >= 11 is 0. The van der Waals surface area contributed by atoms with Gasteiger partial charge in [-0.1, -0.05) is 25.1 Å². The van der Waals surface area contributed by atoms with Crippen LogP contribution < -0.4 is 4.74 Å². The largest absolute Gasteiger partial charge is 0.494 e. The number of hydrogen-bond acceptors (Lipinski definition) is 4. The zero-order valence-electron chi connectivity index (χ0n) is 14.1. The molecule has 0 N–H and O–H groups in total. The minimum atomic E-state index is -0.256. The molecule has 0 heterocycles. The van der Waals surface area contributed by atoms with Gasteiger partial charge in [0, 0.05) is 19.5 Å². The zero-order chi connectivity index (χ0) is 16.9. The molecule has 0 radical (unpaired) electrons. The number of rotatable bonds is 11. The first-order chi connectivity index (χ1) is 11.2. The minimum absolute atomic E-state index is 0.0628. The monoisotopic (exact) mass is 321 g/mol. The molecule has 0 aliphatic carbocycles.